The number of hydrogen-bond acceptors (Lipinski definition) is 4. The molecule has 2 heterocycles. The van der Waals surface area contributed by atoms with Gasteiger partial charge in [0.1, 0.15) is 23.1 Å². The van der Waals surface area contributed by atoms with Crippen molar-refractivity contribution in [3.05, 3.63) is 93.8 Å². The number of carbonyl (C=O) groups is 1. The number of hydrogen-bond donors (Lipinski definition) is 2. The SMILES string of the molecule is Cc1cc(C#CC2CCOCC2)cc(C(=O)NC(c2ccc(C)c(F)c2)c2cc(F)ccc2O)n1. The van der Waals surface area contributed by atoms with Gasteiger partial charge >= 0.3 is 0 Å². The van der Waals surface area contributed by atoms with E-state index >= 15 is 0 Å². The molecule has 180 valence electrons. The Kier molecular flexibility index (Phi) is 7.42. The summed E-state index contributed by atoms with van der Waals surface area (Å²) in [5, 5.41) is 13.2. The number of pyridine rings is 1. The van der Waals surface area contributed by atoms with Crippen molar-refractivity contribution in [1.29, 1.82) is 0 Å². The Morgan fingerprint density at radius 1 is 1.11 bits per heavy atom. The molecule has 0 saturated carbocycles. The minimum Gasteiger partial charge on any atom is -0.508 e. The molecule has 1 amide bonds. The van der Waals surface area contributed by atoms with Gasteiger partial charge in [-0.1, -0.05) is 24.0 Å². The second-order valence-electron chi connectivity index (χ2n) is 8.66. The van der Waals surface area contributed by atoms with Crippen LogP contribution >= 0.6 is 0 Å². The van der Waals surface area contributed by atoms with Crippen molar-refractivity contribution in [3.63, 3.8) is 0 Å². The number of amides is 1. The average molecular weight is 477 g/mol. The van der Waals surface area contributed by atoms with E-state index in [2.05, 4.69) is 22.1 Å². The quantitative estimate of drug-likeness (QED) is 0.521. The molecular weight excluding hydrogens is 450 g/mol. The third kappa shape index (κ3) is 6.03. The number of nitrogens with zero attached hydrogens (tertiary/aromatic N) is 1. The molecule has 1 aliphatic heterocycles. The summed E-state index contributed by atoms with van der Waals surface area (Å²) in [5.74, 6) is 4.77. The van der Waals surface area contributed by atoms with Crippen molar-refractivity contribution in [2.24, 2.45) is 5.92 Å². The Bertz CT molecular complexity index is 1310. The Morgan fingerprint density at radius 3 is 2.63 bits per heavy atom. The van der Waals surface area contributed by atoms with Crippen molar-refractivity contribution in [3.8, 4) is 17.6 Å². The van der Waals surface area contributed by atoms with E-state index in [0.29, 0.717) is 35.6 Å². The number of ether oxygens (including phenoxy) is 1. The molecule has 35 heavy (non-hydrogen) atoms. The topological polar surface area (TPSA) is 71.5 Å². The van der Waals surface area contributed by atoms with E-state index in [4.69, 9.17) is 4.74 Å². The van der Waals surface area contributed by atoms with Crippen molar-refractivity contribution >= 4 is 5.91 Å². The maximum Gasteiger partial charge on any atom is 0.270 e. The Hall–Kier alpha value is -3.76. The fourth-order valence-corrected chi connectivity index (χ4v) is 3.98. The van der Waals surface area contributed by atoms with Gasteiger partial charge in [0.2, 0.25) is 0 Å². The van der Waals surface area contributed by atoms with Crippen LogP contribution < -0.4 is 5.32 Å². The number of phenolic OH excluding ortho intramolecular Hbond substituents is 1. The third-order valence-electron chi connectivity index (χ3n) is 5.93. The maximum absolute atomic E-state index is 14.4. The number of halogens is 2. The molecule has 0 bridgehead atoms. The van der Waals surface area contributed by atoms with Gasteiger partial charge in [0.25, 0.3) is 5.91 Å². The van der Waals surface area contributed by atoms with Crippen LogP contribution in [0.5, 0.6) is 5.75 Å². The van der Waals surface area contributed by atoms with Crippen LogP contribution in [0.2, 0.25) is 0 Å². The van der Waals surface area contributed by atoms with Crippen LogP contribution in [-0.4, -0.2) is 29.2 Å². The lowest BCUT2D eigenvalue weighted by Gasteiger charge is -2.21. The Morgan fingerprint density at radius 2 is 1.89 bits per heavy atom. The minimum atomic E-state index is -1.01. The number of aryl methyl sites for hydroxylation is 2. The highest BCUT2D eigenvalue weighted by molar-refractivity contribution is 5.93. The first-order valence-corrected chi connectivity index (χ1v) is 11.4. The highest BCUT2D eigenvalue weighted by atomic mass is 19.1. The summed E-state index contributed by atoms with van der Waals surface area (Å²) >= 11 is 0. The highest BCUT2D eigenvalue weighted by Crippen LogP contribution is 2.31. The van der Waals surface area contributed by atoms with Gasteiger partial charge in [-0.15, -0.1) is 0 Å². The second kappa shape index (κ2) is 10.7. The lowest BCUT2D eigenvalue weighted by atomic mass is 9.96. The molecule has 1 aliphatic rings. The van der Waals surface area contributed by atoms with Gasteiger partial charge in [-0.25, -0.2) is 13.8 Å². The van der Waals surface area contributed by atoms with Crippen molar-refractivity contribution < 1.29 is 23.4 Å². The van der Waals surface area contributed by atoms with Gasteiger partial charge in [-0.2, -0.15) is 0 Å². The molecule has 2 N–H and O–H groups in total. The lowest BCUT2D eigenvalue weighted by molar-refractivity contribution is 0.0807. The number of phenols is 1. The van der Waals surface area contributed by atoms with Crippen molar-refractivity contribution in [1.82, 2.24) is 10.3 Å². The fourth-order valence-electron chi connectivity index (χ4n) is 3.98. The Labute approximate surface area is 203 Å². The molecule has 1 fully saturated rings. The number of aromatic nitrogens is 1. The largest absolute Gasteiger partial charge is 0.508 e. The number of nitrogens with one attached hydrogen (secondary N) is 1. The molecule has 4 rings (SSSR count). The number of aromatic hydroxyl groups is 1. The first-order valence-electron chi connectivity index (χ1n) is 11.4. The molecule has 1 aromatic heterocycles. The highest BCUT2D eigenvalue weighted by Gasteiger charge is 2.23. The standard InChI is InChI=1S/C28H26F2N2O3/c1-17-3-6-21(15-24(17)30)27(23-16-22(29)7-8-26(23)33)32-28(34)25-14-20(13-18(2)31-25)5-4-19-9-11-35-12-10-19/h3,6-8,13-16,19,27,33H,9-12H2,1-2H3,(H,32,34). The molecule has 1 atom stereocenters. The van der Waals surface area contributed by atoms with Gasteiger partial charge < -0.3 is 15.2 Å². The smallest absolute Gasteiger partial charge is 0.270 e. The summed E-state index contributed by atoms with van der Waals surface area (Å²) < 4.78 is 33.8. The third-order valence-corrected chi connectivity index (χ3v) is 5.93. The van der Waals surface area contributed by atoms with Crippen LogP contribution in [0.3, 0.4) is 0 Å². The van der Waals surface area contributed by atoms with E-state index in [1.807, 2.05) is 0 Å². The molecule has 0 radical (unpaired) electrons. The summed E-state index contributed by atoms with van der Waals surface area (Å²) in [6.45, 7) is 4.76. The van der Waals surface area contributed by atoms with Gasteiger partial charge in [0.05, 0.1) is 6.04 Å². The first-order chi connectivity index (χ1) is 16.8. The zero-order chi connectivity index (χ0) is 24.9. The first kappa shape index (κ1) is 24.4. The second-order valence-corrected chi connectivity index (χ2v) is 8.66. The molecule has 0 spiro atoms. The monoisotopic (exact) mass is 476 g/mol. The molecule has 1 saturated heterocycles. The van der Waals surface area contributed by atoms with Crippen LogP contribution in [0.15, 0.2) is 48.5 Å². The molecule has 0 aliphatic carbocycles. The summed E-state index contributed by atoms with van der Waals surface area (Å²) in [6.07, 6.45) is 1.74. The van der Waals surface area contributed by atoms with E-state index in [1.54, 1.807) is 38.1 Å². The van der Waals surface area contributed by atoms with Crippen LogP contribution in [-0.2, 0) is 4.74 Å². The van der Waals surface area contributed by atoms with Gasteiger partial charge in [0.15, 0.2) is 0 Å². The molecular formula is C28H26F2N2O3. The predicted molar refractivity (Wildman–Crippen MR) is 128 cm³/mol. The van der Waals surface area contributed by atoms with Crippen LogP contribution in [0, 0.1) is 43.2 Å². The zero-order valence-corrected chi connectivity index (χ0v) is 19.6. The van der Waals surface area contributed by atoms with Crippen molar-refractivity contribution in [2.45, 2.75) is 32.7 Å². The van der Waals surface area contributed by atoms with Crippen LogP contribution in [0.25, 0.3) is 0 Å². The summed E-state index contributed by atoms with van der Waals surface area (Å²) in [7, 11) is 0. The summed E-state index contributed by atoms with van der Waals surface area (Å²) in [5.41, 5.74) is 2.27. The van der Waals surface area contributed by atoms with E-state index in [9.17, 15) is 18.7 Å². The lowest BCUT2D eigenvalue weighted by Crippen LogP contribution is -2.30. The number of carbonyl (C=O) groups excluding carboxylic acids is 1. The fraction of sp³-hybridized carbons (Fsp3) is 0.286. The van der Waals surface area contributed by atoms with E-state index < -0.39 is 23.6 Å². The Balaban J connectivity index is 1.66. The van der Waals surface area contributed by atoms with Crippen LogP contribution in [0.1, 0.15) is 57.3 Å². The molecule has 2 aromatic carbocycles. The zero-order valence-electron chi connectivity index (χ0n) is 19.6. The molecule has 1 unspecified atom stereocenters. The van der Waals surface area contributed by atoms with Gasteiger partial charge in [-0.05, 0) is 74.2 Å². The molecule has 5 nitrogen and oxygen atoms in total. The molecule has 3 aromatic rings. The maximum atomic E-state index is 14.4. The van der Waals surface area contributed by atoms with E-state index in [-0.39, 0.29) is 22.9 Å². The predicted octanol–water partition coefficient (Wildman–Crippen LogP) is 4.98. The van der Waals surface area contributed by atoms with Crippen molar-refractivity contribution in [2.75, 3.05) is 13.2 Å². The van der Waals surface area contributed by atoms with E-state index in [1.165, 1.54) is 12.1 Å². The van der Waals surface area contributed by atoms with E-state index in [0.717, 1.165) is 25.0 Å². The van der Waals surface area contributed by atoms with Gasteiger partial charge in [0, 0.05) is 36.0 Å². The number of benzene rings is 2. The van der Waals surface area contributed by atoms with Gasteiger partial charge in [-0.3, -0.25) is 4.79 Å². The van der Waals surface area contributed by atoms with Crippen LogP contribution in [0.4, 0.5) is 8.78 Å². The summed E-state index contributed by atoms with van der Waals surface area (Å²) in [6, 6.07) is 10.3. The number of rotatable bonds is 4. The summed E-state index contributed by atoms with van der Waals surface area (Å²) in [4.78, 5) is 17.6. The average Bonchev–Trinajstić information content (AvgIpc) is 2.85. The molecule has 7 heteroatoms. The minimum absolute atomic E-state index is 0.105. The normalized spacial score (nSPS) is 14.6.